The molecule has 22 heavy (non-hydrogen) atoms. The molecule has 0 spiro atoms. The van der Waals surface area contributed by atoms with E-state index in [9.17, 15) is 8.42 Å². The second-order valence-corrected chi connectivity index (χ2v) is 7.23. The van der Waals surface area contributed by atoms with E-state index in [4.69, 9.17) is 0 Å². The van der Waals surface area contributed by atoms with Gasteiger partial charge < -0.3 is 0 Å². The molecule has 0 amide bonds. The zero-order chi connectivity index (χ0) is 15.6. The molecule has 114 valence electrons. The van der Waals surface area contributed by atoms with Gasteiger partial charge in [0.15, 0.2) is 0 Å². The third-order valence-corrected chi connectivity index (χ3v) is 6.00. The summed E-state index contributed by atoms with van der Waals surface area (Å²) in [5.41, 5.74) is 2.94. The zero-order valence-electron chi connectivity index (χ0n) is 12.6. The smallest absolute Gasteiger partial charge is 0.260 e. The summed E-state index contributed by atoms with van der Waals surface area (Å²) in [6.45, 7) is 2.28. The van der Waals surface area contributed by atoms with E-state index < -0.39 is 10.0 Å². The summed E-state index contributed by atoms with van der Waals surface area (Å²) in [6, 6.07) is 17.2. The van der Waals surface area contributed by atoms with Crippen LogP contribution in [0.25, 0.3) is 6.08 Å². The van der Waals surface area contributed by atoms with Crippen molar-refractivity contribution in [1.29, 1.82) is 0 Å². The number of para-hydroxylation sites is 1. The highest BCUT2D eigenvalue weighted by atomic mass is 32.2. The molecular weight excluding hydrogens is 294 g/mol. The third kappa shape index (κ3) is 2.66. The van der Waals surface area contributed by atoms with Gasteiger partial charge in [-0.05, 0) is 49.1 Å². The van der Waals surface area contributed by atoms with Gasteiger partial charge in [0.2, 0.25) is 0 Å². The van der Waals surface area contributed by atoms with Crippen LogP contribution in [0.1, 0.15) is 24.5 Å². The molecule has 4 heteroatoms. The topological polar surface area (TPSA) is 37.4 Å². The number of nitrogens with zero attached hydrogens (tertiary/aromatic N) is 1. The Bertz CT molecular complexity index is 795. The monoisotopic (exact) mass is 313 g/mol. The summed E-state index contributed by atoms with van der Waals surface area (Å²) in [5, 5.41) is 0. The van der Waals surface area contributed by atoms with Gasteiger partial charge in [0.25, 0.3) is 10.0 Å². The van der Waals surface area contributed by atoms with E-state index in [1.54, 1.807) is 0 Å². The van der Waals surface area contributed by atoms with E-state index in [1.807, 2.05) is 61.5 Å². The van der Waals surface area contributed by atoms with Crippen LogP contribution in [-0.2, 0) is 16.4 Å². The molecule has 1 aliphatic rings. The predicted molar refractivity (Wildman–Crippen MR) is 91.1 cm³/mol. The molecular formula is C18H19NO2S. The fourth-order valence-corrected chi connectivity index (χ4v) is 4.49. The minimum absolute atomic E-state index is 0.422. The van der Waals surface area contributed by atoms with Gasteiger partial charge in [-0.15, -0.1) is 0 Å². The van der Waals surface area contributed by atoms with Crippen LogP contribution >= 0.6 is 0 Å². The van der Waals surface area contributed by atoms with Crippen LogP contribution in [0.3, 0.4) is 0 Å². The van der Waals surface area contributed by atoms with Crippen LogP contribution in [0.5, 0.6) is 0 Å². The van der Waals surface area contributed by atoms with Crippen molar-refractivity contribution in [3.8, 4) is 0 Å². The van der Waals surface area contributed by atoms with E-state index in [0.29, 0.717) is 23.6 Å². The highest BCUT2D eigenvalue weighted by Gasteiger charge is 2.27. The molecule has 0 N–H and O–H groups in total. The van der Waals surface area contributed by atoms with Crippen molar-refractivity contribution < 1.29 is 8.42 Å². The number of hydrogen-bond acceptors (Lipinski definition) is 2. The minimum Gasteiger partial charge on any atom is -0.267 e. The molecule has 0 saturated carbocycles. The third-order valence-electron chi connectivity index (χ3n) is 3.97. The van der Waals surface area contributed by atoms with Crippen molar-refractivity contribution in [1.82, 2.24) is 0 Å². The molecule has 1 aliphatic carbocycles. The normalized spacial score (nSPS) is 14.1. The molecule has 0 unspecified atom stereocenters. The van der Waals surface area contributed by atoms with E-state index in [1.165, 1.54) is 9.87 Å². The second-order valence-electron chi connectivity index (χ2n) is 5.31. The first kappa shape index (κ1) is 14.9. The van der Waals surface area contributed by atoms with Crippen LogP contribution in [0.2, 0.25) is 0 Å². The van der Waals surface area contributed by atoms with Crippen LogP contribution in [0.4, 0.5) is 5.69 Å². The van der Waals surface area contributed by atoms with Crippen molar-refractivity contribution >= 4 is 21.8 Å². The Morgan fingerprint density at radius 3 is 2.36 bits per heavy atom. The van der Waals surface area contributed by atoms with Gasteiger partial charge >= 0.3 is 0 Å². The molecule has 0 aromatic heterocycles. The summed E-state index contributed by atoms with van der Waals surface area (Å²) in [6.07, 6.45) is 3.15. The fourth-order valence-electron chi connectivity index (χ4n) is 2.84. The standard InChI is InChI=1S/C18H19NO2S/c1-2-19(17-10-4-3-5-11-17)22(20,21)18-13-12-15-8-6-7-9-16(15)14-18/h3-11,14H,2,12-13H2,1H3. The Hall–Kier alpha value is -2.07. The van der Waals surface area contributed by atoms with Gasteiger partial charge in [0, 0.05) is 6.54 Å². The number of allylic oxidation sites excluding steroid dienone is 1. The quantitative estimate of drug-likeness (QED) is 0.860. The molecule has 0 radical (unpaired) electrons. The van der Waals surface area contributed by atoms with E-state index >= 15 is 0 Å². The van der Waals surface area contributed by atoms with Crippen LogP contribution in [0.15, 0.2) is 59.5 Å². The molecule has 0 saturated heterocycles. The van der Waals surface area contributed by atoms with Crippen LogP contribution in [-0.4, -0.2) is 15.0 Å². The number of benzene rings is 2. The Morgan fingerprint density at radius 2 is 1.64 bits per heavy atom. The number of fused-ring (bicyclic) bond motifs is 1. The lowest BCUT2D eigenvalue weighted by molar-refractivity contribution is 0.596. The molecule has 0 heterocycles. The Labute approximate surface area is 132 Å². The molecule has 3 nitrogen and oxygen atoms in total. The van der Waals surface area contributed by atoms with E-state index in [0.717, 1.165) is 12.0 Å². The number of aryl methyl sites for hydroxylation is 1. The Morgan fingerprint density at radius 1 is 0.955 bits per heavy atom. The average Bonchev–Trinajstić information content (AvgIpc) is 2.56. The number of hydrogen-bond donors (Lipinski definition) is 0. The SMILES string of the molecule is CCN(c1ccccc1)S(=O)(=O)C1=Cc2ccccc2CC1. The van der Waals surface area contributed by atoms with E-state index in [-0.39, 0.29) is 0 Å². The lowest BCUT2D eigenvalue weighted by atomic mass is 9.98. The van der Waals surface area contributed by atoms with Gasteiger partial charge in [0.05, 0.1) is 10.6 Å². The maximum absolute atomic E-state index is 13.0. The lowest BCUT2D eigenvalue weighted by Gasteiger charge is -2.26. The summed E-state index contributed by atoms with van der Waals surface area (Å²) >= 11 is 0. The molecule has 0 fully saturated rings. The van der Waals surface area contributed by atoms with Crippen molar-refractivity contribution in [2.24, 2.45) is 0 Å². The molecule has 0 bridgehead atoms. The first-order valence-electron chi connectivity index (χ1n) is 7.49. The predicted octanol–water partition coefficient (Wildman–Crippen LogP) is 3.83. The maximum Gasteiger partial charge on any atom is 0.260 e. The van der Waals surface area contributed by atoms with Gasteiger partial charge in [0.1, 0.15) is 0 Å². The van der Waals surface area contributed by atoms with Crippen molar-refractivity contribution in [2.45, 2.75) is 19.8 Å². The highest BCUT2D eigenvalue weighted by Crippen LogP contribution is 2.30. The molecule has 3 rings (SSSR count). The van der Waals surface area contributed by atoms with E-state index in [2.05, 4.69) is 6.07 Å². The van der Waals surface area contributed by atoms with Gasteiger partial charge in [-0.25, -0.2) is 8.42 Å². The molecule has 2 aromatic rings. The highest BCUT2D eigenvalue weighted by molar-refractivity contribution is 7.96. The second kappa shape index (κ2) is 5.97. The summed E-state index contributed by atoms with van der Waals surface area (Å²) < 4.78 is 27.4. The number of rotatable bonds is 4. The number of anilines is 1. The summed E-state index contributed by atoms with van der Waals surface area (Å²) in [7, 11) is -3.48. The Kier molecular flexibility index (Phi) is 4.03. The lowest BCUT2D eigenvalue weighted by Crippen LogP contribution is -2.32. The first-order valence-corrected chi connectivity index (χ1v) is 8.93. The van der Waals surface area contributed by atoms with Gasteiger partial charge in [-0.3, -0.25) is 4.31 Å². The molecule has 2 aromatic carbocycles. The zero-order valence-corrected chi connectivity index (χ0v) is 13.4. The summed E-state index contributed by atoms with van der Waals surface area (Å²) in [4.78, 5) is 0.497. The average molecular weight is 313 g/mol. The molecule has 0 aliphatic heterocycles. The maximum atomic E-state index is 13.0. The fraction of sp³-hybridized carbons (Fsp3) is 0.222. The summed E-state index contributed by atoms with van der Waals surface area (Å²) in [5.74, 6) is 0. The number of sulfonamides is 1. The minimum atomic E-state index is -3.48. The molecule has 0 atom stereocenters. The van der Waals surface area contributed by atoms with Crippen molar-refractivity contribution in [3.05, 3.63) is 70.6 Å². The van der Waals surface area contributed by atoms with Crippen LogP contribution in [0, 0.1) is 0 Å². The van der Waals surface area contributed by atoms with Crippen molar-refractivity contribution in [2.75, 3.05) is 10.8 Å². The van der Waals surface area contributed by atoms with Gasteiger partial charge in [-0.1, -0.05) is 42.5 Å². The van der Waals surface area contributed by atoms with Crippen molar-refractivity contribution in [3.63, 3.8) is 0 Å². The van der Waals surface area contributed by atoms with Gasteiger partial charge in [-0.2, -0.15) is 0 Å². The first-order chi connectivity index (χ1) is 10.6. The Balaban J connectivity index is 2.02. The largest absolute Gasteiger partial charge is 0.267 e. The van der Waals surface area contributed by atoms with Crippen LogP contribution < -0.4 is 4.31 Å².